The number of nitrogens with one attached hydrogen (secondary N) is 1. The molecule has 1 atom stereocenters. The lowest BCUT2D eigenvalue weighted by molar-refractivity contribution is -0.303. The van der Waals surface area contributed by atoms with E-state index in [1.165, 1.54) is 6.20 Å². The van der Waals surface area contributed by atoms with Crippen molar-refractivity contribution >= 4 is 11.9 Å². The van der Waals surface area contributed by atoms with Crippen molar-refractivity contribution in [1.29, 1.82) is 0 Å². The average molecular weight is 299 g/mol. The molecule has 6 heteroatoms. The van der Waals surface area contributed by atoms with E-state index in [1.54, 1.807) is 27.7 Å². The lowest BCUT2D eigenvalue weighted by Crippen LogP contribution is -2.56. The Morgan fingerprint density at radius 3 is 2.52 bits per heavy atom. The van der Waals surface area contributed by atoms with Gasteiger partial charge in [-0.1, -0.05) is 13.8 Å². The standard InChI is InChI=1S/C15H25NO5/c1-7-19-13(18)10(2)8-16-12(17)11-14(3,4)9-20-15(5,6)21-11/h8,11H,7,9H2,1-6H3,(H,16,17)/b10-8+. The molecular weight excluding hydrogens is 274 g/mol. The molecule has 1 aliphatic heterocycles. The lowest BCUT2D eigenvalue weighted by Gasteiger charge is -2.44. The minimum atomic E-state index is -0.808. The predicted octanol–water partition coefficient (Wildman–Crippen LogP) is 1.75. The Morgan fingerprint density at radius 2 is 1.95 bits per heavy atom. The van der Waals surface area contributed by atoms with Crippen LogP contribution >= 0.6 is 0 Å². The molecule has 0 radical (unpaired) electrons. The molecule has 0 aromatic carbocycles. The van der Waals surface area contributed by atoms with Crippen molar-refractivity contribution in [2.24, 2.45) is 5.41 Å². The normalized spacial score (nSPS) is 24.3. The number of rotatable bonds is 4. The van der Waals surface area contributed by atoms with Crippen molar-refractivity contribution in [2.45, 2.75) is 53.4 Å². The minimum Gasteiger partial charge on any atom is -0.463 e. The van der Waals surface area contributed by atoms with Gasteiger partial charge in [-0.05, 0) is 27.7 Å². The Morgan fingerprint density at radius 1 is 1.33 bits per heavy atom. The van der Waals surface area contributed by atoms with E-state index in [0.717, 1.165) is 0 Å². The van der Waals surface area contributed by atoms with E-state index < -0.39 is 23.3 Å². The van der Waals surface area contributed by atoms with Crippen molar-refractivity contribution in [3.05, 3.63) is 11.8 Å². The Labute approximate surface area is 125 Å². The van der Waals surface area contributed by atoms with Crippen LogP contribution in [0, 0.1) is 5.41 Å². The van der Waals surface area contributed by atoms with Gasteiger partial charge in [0, 0.05) is 11.6 Å². The van der Waals surface area contributed by atoms with E-state index in [-0.39, 0.29) is 5.91 Å². The Hall–Kier alpha value is -1.40. The summed E-state index contributed by atoms with van der Waals surface area (Å²) in [5.41, 5.74) is -0.125. The molecule has 0 saturated carbocycles. The van der Waals surface area contributed by atoms with E-state index in [0.29, 0.717) is 18.8 Å². The van der Waals surface area contributed by atoms with Gasteiger partial charge in [0.1, 0.15) is 6.10 Å². The molecule has 120 valence electrons. The van der Waals surface area contributed by atoms with Gasteiger partial charge in [0.05, 0.1) is 18.8 Å². The summed E-state index contributed by atoms with van der Waals surface area (Å²) in [6, 6.07) is 0. The average Bonchev–Trinajstić information content (AvgIpc) is 2.39. The monoisotopic (exact) mass is 299 g/mol. The van der Waals surface area contributed by atoms with Crippen molar-refractivity contribution < 1.29 is 23.8 Å². The molecule has 21 heavy (non-hydrogen) atoms. The largest absolute Gasteiger partial charge is 0.463 e. The molecule has 0 aromatic rings. The fourth-order valence-electron chi connectivity index (χ4n) is 1.88. The van der Waals surface area contributed by atoms with Crippen LogP contribution in [0.5, 0.6) is 0 Å². The van der Waals surface area contributed by atoms with Gasteiger partial charge in [-0.2, -0.15) is 0 Å². The van der Waals surface area contributed by atoms with Crippen LogP contribution < -0.4 is 5.32 Å². The van der Waals surface area contributed by atoms with Crippen LogP contribution in [0.1, 0.15) is 41.5 Å². The third-order valence-electron chi connectivity index (χ3n) is 3.17. The number of amides is 1. The molecule has 0 spiro atoms. The fraction of sp³-hybridized carbons (Fsp3) is 0.733. The van der Waals surface area contributed by atoms with Crippen LogP contribution in [0.4, 0.5) is 0 Å². The highest BCUT2D eigenvalue weighted by molar-refractivity contribution is 5.89. The molecule has 1 aliphatic rings. The zero-order chi connectivity index (χ0) is 16.3. The van der Waals surface area contributed by atoms with Gasteiger partial charge in [-0.15, -0.1) is 0 Å². The van der Waals surface area contributed by atoms with Gasteiger partial charge in [0.15, 0.2) is 5.79 Å². The second-order valence-corrected chi connectivity index (χ2v) is 6.23. The van der Waals surface area contributed by atoms with Crippen molar-refractivity contribution in [3.8, 4) is 0 Å². The second kappa shape index (κ2) is 6.58. The zero-order valence-corrected chi connectivity index (χ0v) is 13.6. The third-order valence-corrected chi connectivity index (χ3v) is 3.17. The summed E-state index contributed by atoms with van der Waals surface area (Å²) in [4.78, 5) is 23.8. The smallest absolute Gasteiger partial charge is 0.335 e. The third kappa shape index (κ3) is 4.82. The summed E-state index contributed by atoms with van der Waals surface area (Å²) in [5, 5.41) is 2.60. The Kier molecular flexibility index (Phi) is 5.53. The van der Waals surface area contributed by atoms with Crippen LogP contribution in [0.2, 0.25) is 0 Å². The van der Waals surface area contributed by atoms with Gasteiger partial charge < -0.3 is 19.5 Å². The van der Waals surface area contributed by atoms with E-state index >= 15 is 0 Å². The predicted molar refractivity (Wildman–Crippen MR) is 77.2 cm³/mol. The first-order valence-corrected chi connectivity index (χ1v) is 7.05. The summed E-state index contributed by atoms with van der Waals surface area (Å²) >= 11 is 0. The summed E-state index contributed by atoms with van der Waals surface area (Å²) in [7, 11) is 0. The maximum absolute atomic E-state index is 12.3. The highest BCUT2D eigenvalue weighted by Gasteiger charge is 2.45. The molecule has 1 amide bonds. The van der Waals surface area contributed by atoms with Gasteiger partial charge in [0.25, 0.3) is 5.91 Å². The van der Waals surface area contributed by atoms with Gasteiger partial charge >= 0.3 is 5.97 Å². The molecule has 1 unspecified atom stereocenters. The maximum atomic E-state index is 12.3. The molecule has 1 heterocycles. The van der Waals surface area contributed by atoms with Gasteiger partial charge in [-0.25, -0.2) is 4.79 Å². The highest BCUT2D eigenvalue weighted by atomic mass is 16.7. The van der Waals surface area contributed by atoms with E-state index in [2.05, 4.69) is 5.32 Å². The Bertz CT molecular complexity index is 439. The maximum Gasteiger partial charge on any atom is 0.335 e. The molecule has 0 bridgehead atoms. The van der Waals surface area contributed by atoms with Crippen molar-refractivity contribution in [1.82, 2.24) is 5.32 Å². The summed E-state index contributed by atoms with van der Waals surface area (Å²) in [6.45, 7) is 11.3. The molecule has 6 nitrogen and oxygen atoms in total. The number of hydrogen-bond acceptors (Lipinski definition) is 5. The topological polar surface area (TPSA) is 73.9 Å². The van der Waals surface area contributed by atoms with Crippen molar-refractivity contribution in [2.75, 3.05) is 13.2 Å². The van der Waals surface area contributed by atoms with Gasteiger partial charge in [0.2, 0.25) is 0 Å². The van der Waals surface area contributed by atoms with Gasteiger partial charge in [-0.3, -0.25) is 4.79 Å². The SMILES string of the molecule is CCOC(=O)/C(C)=C/NC(=O)C1OC(C)(C)OCC1(C)C. The summed E-state index contributed by atoms with van der Waals surface area (Å²) in [6.07, 6.45) is 0.690. The number of hydrogen-bond donors (Lipinski definition) is 1. The lowest BCUT2D eigenvalue weighted by atomic mass is 9.85. The first kappa shape index (κ1) is 17.7. The molecule has 0 aromatic heterocycles. The Balaban J connectivity index is 2.73. The van der Waals surface area contributed by atoms with Crippen LogP contribution in [-0.4, -0.2) is 37.0 Å². The second-order valence-electron chi connectivity index (χ2n) is 6.23. The number of ether oxygens (including phenoxy) is 3. The molecule has 0 aliphatic carbocycles. The van der Waals surface area contributed by atoms with Crippen molar-refractivity contribution in [3.63, 3.8) is 0 Å². The number of carbonyl (C=O) groups excluding carboxylic acids is 2. The van der Waals surface area contributed by atoms with Crippen LogP contribution in [0.25, 0.3) is 0 Å². The summed E-state index contributed by atoms with van der Waals surface area (Å²) < 4.78 is 16.1. The van der Waals surface area contributed by atoms with Crippen LogP contribution in [0.3, 0.4) is 0 Å². The number of carbonyl (C=O) groups is 2. The van der Waals surface area contributed by atoms with E-state index in [1.807, 2.05) is 13.8 Å². The molecule has 1 saturated heterocycles. The molecular formula is C15H25NO5. The minimum absolute atomic E-state index is 0.294. The number of esters is 1. The summed E-state index contributed by atoms with van der Waals surface area (Å²) in [5.74, 6) is -1.57. The first-order valence-electron chi connectivity index (χ1n) is 7.05. The first-order chi connectivity index (χ1) is 9.59. The van der Waals surface area contributed by atoms with E-state index in [9.17, 15) is 9.59 Å². The molecule has 1 fully saturated rings. The molecule has 1 N–H and O–H groups in total. The molecule has 1 rings (SSSR count). The fourth-order valence-corrected chi connectivity index (χ4v) is 1.88. The zero-order valence-electron chi connectivity index (χ0n) is 13.6. The quantitative estimate of drug-likeness (QED) is 0.632. The van der Waals surface area contributed by atoms with Crippen LogP contribution in [0.15, 0.2) is 11.8 Å². The van der Waals surface area contributed by atoms with Crippen LogP contribution in [-0.2, 0) is 23.8 Å². The van der Waals surface area contributed by atoms with E-state index in [4.69, 9.17) is 14.2 Å². The highest BCUT2D eigenvalue weighted by Crippen LogP contribution is 2.34.